The zero-order valence-electron chi connectivity index (χ0n) is 13.9. The quantitative estimate of drug-likeness (QED) is 0.516. The van der Waals surface area contributed by atoms with Gasteiger partial charge in [0.25, 0.3) is 0 Å². The van der Waals surface area contributed by atoms with Crippen molar-refractivity contribution in [3.63, 3.8) is 0 Å². The van der Waals surface area contributed by atoms with E-state index < -0.39 is 5.97 Å². The molecule has 128 valence electrons. The number of hydrogen-bond acceptors (Lipinski definition) is 4. The van der Waals surface area contributed by atoms with E-state index in [1.54, 1.807) is 12.1 Å². The van der Waals surface area contributed by atoms with Crippen LogP contribution < -0.4 is 10.1 Å². The second-order valence-electron chi connectivity index (χ2n) is 5.90. The number of allylic oxidation sites excluding steroid dienone is 1. The molecule has 1 amide bonds. The number of benzene rings is 2. The molecule has 25 heavy (non-hydrogen) atoms. The summed E-state index contributed by atoms with van der Waals surface area (Å²) in [5, 5.41) is 2.73. The highest BCUT2D eigenvalue weighted by atomic mass is 16.6. The Morgan fingerprint density at radius 2 is 1.92 bits per heavy atom. The number of cyclic esters (lactones) is 1. The molecule has 0 spiro atoms. The molecular formula is C20H19NO4. The molecule has 1 heterocycles. The molecule has 5 heteroatoms. The highest BCUT2D eigenvalue weighted by Crippen LogP contribution is 2.17. The van der Waals surface area contributed by atoms with Gasteiger partial charge in [0.2, 0.25) is 0 Å². The molecule has 0 aromatic heterocycles. The fourth-order valence-electron chi connectivity index (χ4n) is 2.62. The number of carbonyl (C=O) groups is 2. The zero-order chi connectivity index (χ0) is 17.6. The fourth-order valence-corrected chi connectivity index (χ4v) is 2.62. The third-order valence-electron chi connectivity index (χ3n) is 3.92. The van der Waals surface area contributed by atoms with Crippen molar-refractivity contribution in [2.75, 3.05) is 6.61 Å². The second kappa shape index (κ2) is 7.66. The van der Waals surface area contributed by atoms with Crippen LogP contribution in [0, 0.1) is 0 Å². The SMILES string of the molecule is C/C(=C/C(=O)Oc1ccc(C[C@@H]2COC(=O)N2)cc1)c1ccccc1. The van der Waals surface area contributed by atoms with Gasteiger partial charge in [-0.05, 0) is 42.2 Å². The number of nitrogens with one attached hydrogen (secondary N) is 1. The molecule has 3 rings (SSSR count). The van der Waals surface area contributed by atoms with E-state index in [0.717, 1.165) is 16.7 Å². The Bertz CT molecular complexity index is 781. The predicted molar refractivity (Wildman–Crippen MR) is 94.1 cm³/mol. The van der Waals surface area contributed by atoms with Crippen LogP contribution in [-0.2, 0) is 16.0 Å². The maximum absolute atomic E-state index is 12.0. The third-order valence-corrected chi connectivity index (χ3v) is 3.92. The van der Waals surface area contributed by atoms with Gasteiger partial charge in [0.1, 0.15) is 12.4 Å². The van der Waals surface area contributed by atoms with Gasteiger partial charge in [0.05, 0.1) is 6.04 Å². The number of esters is 1. The Balaban J connectivity index is 1.57. The van der Waals surface area contributed by atoms with Gasteiger partial charge >= 0.3 is 12.1 Å². The highest BCUT2D eigenvalue weighted by Gasteiger charge is 2.22. The fraction of sp³-hybridized carbons (Fsp3) is 0.200. The van der Waals surface area contributed by atoms with E-state index in [9.17, 15) is 9.59 Å². The normalized spacial score (nSPS) is 16.9. The number of ether oxygens (including phenoxy) is 2. The lowest BCUT2D eigenvalue weighted by Crippen LogP contribution is -2.28. The van der Waals surface area contributed by atoms with E-state index in [-0.39, 0.29) is 12.1 Å². The first-order valence-corrected chi connectivity index (χ1v) is 8.08. The molecule has 0 radical (unpaired) electrons. The van der Waals surface area contributed by atoms with Crippen molar-refractivity contribution >= 4 is 17.6 Å². The Morgan fingerprint density at radius 1 is 1.20 bits per heavy atom. The van der Waals surface area contributed by atoms with Gasteiger partial charge in [0, 0.05) is 6.08 Å². The van der Waals surface area contributed by atoms with E-state index >= 15 is 0 Å². The lowest BCUT2D eigenvalue weighted by Gasteiger charge is -2.08. The van der Waals surface area contributed by atoms with Crippen molar-refractivity contribution in [3.05, 3.63) is 71.8 Å². The molecule has 0 unspecified atom stereocenters. The van der Waals surface area contributed by atoms with Crippen molar-refractivity contribution in [3.8, 4) is 5.75 Å². The first kappa shape index (κ1) is 16.8. The molecule has 0 saturated carbocycles. The van der Waals surface area contributed by atoms with E-state index in [2.05, 4.69) is 5.32 Å². The zero-order valence-corrected chi connectivity index (χ0v) is 13.9. The van der Waals surface area contributed by atoms with Crippen molar-refractivity contribution in [1.29, 1.82) is 0 Å². The summed E-state index contributed by atoms with van der Waals surface area (Å²) in [4.78, 5) is 23.0. The number of hydrogen-bond donors (Lipinski definition) is 1. The first-order valence-electron chi connectivity index (χ1n) is 8.08. The topological polar surface area (TPSA) is 64.6 Å². The summed E-state index contributed by atoms with van der Waals surface area (Å²) >= 11 is 0. The van der Waals surface area contributed by atoms with E-state index in [1.807, 2.05) is 49.4 Å². The number of carbonyl (C=O) groups excluding carboxylic acids is 2. The molecule has 1 saturated heterocycles. The Kier molecular flexibility index (Phi) is 5.14. The minimum atomic E-state index is -0.412. The summed E-state index contributed by atoms with van der Waals surface area (Å²) in [6.07, 6.45) is 1.78. The molecule has 5 nitrogen and oxygen atoms in total. The number of amides is 1. The van der Waals surface area contributed by atoms with Crippen molar-refractivity contribution in [2.24, 2.45) is 0 Å². The van der Waals surface area contributed by atoms with Crippen molar-refractivity contribution in [1.82, 2.24) is 5.32 Å². The number of rotatable bonds is 5. The third kappa shape index (κ3) is 4.70. The molecular weight excluding hydrogens is 318 g/mol. The molecule has 2 aromatic rings. The summed E-state index contributed by atoms with van der Waals surface area (Å²) in [6.45, 7) is 2.25. The van der Waals surface area contributed by atoms with Crippen molar-refractivity contribution in [2.45, 2.75) is 19.4 Å². The van der Waals surface area contributed by atoms with Gasteiger partial charge in [-0.3, -0.25) is 0 Å². The standard InChI is InChI=1S/C20H19NO4/c1-14(16-5-3-2-4-6-16)11-19(22)25-18-9-7-15(8-10-18)12-17-13-24-20(23)21-17/h2-11,17H,12-13H2,1H3,(H,21,23)/b14-11-/t17-/m1/s1. The Hall–Kier alpha value is -3.08. The van der Waals surface area contributed by atoms with Crippen LogP contribution in [0.3, 0.4) is 0 Å². The Morgan fingerprint density at radius 3 is 2.56 bits per heavy atom. The van der Waals surface area contributed by atoms with Gasteiger partial charge in [-0.25, -0.2) is 9.59 Å². The smallest absolute Gasteiger partial charge is 0.407 e. The van der Waals surface area contributed by atoms with Gasteiger partial charge < -0.3 is 14.8 Å². The van der Waals surface area contributed by atoms with Crippen LogP contribution in [0.4, 0.5) is 4.79 Å². The Labute approximate surface area is 146 Å². The summed E-state index contributed by atoms with van der Waals surface area (Å²) in [6, 6.07) is 16.9. The summed E-state index contributed by atoms with van der Waals surface area (Å²) in [7, 11) is 0. The molecule has 1 aliphatic heterocycles. The predicted octanol–water partition coefficient (Wildman–Crippen LogP) is 3.35. The van der Waals surface area contributed by atoms with Crippen LogP contribution in [0.1, 0.15) is 18.1 Å². The molecule has 2 aromatic carbocycles. The summed E-state index contributed by atoms with van der Waals surface area (Å²) < 4.78 is 10.2. The van der Waals surface area contributed by atoms with Gasteiger partial charge in [-0.15, -0.1) is 0 Å². The lowest BCUT2D eigenvalue weighted by atomic mass is 10.1. The molecule has 0 aliphatic carbocycles. The van der Waals surface area contributed by atoms with Crippen LogP contribution in [0.25, 0.3) is 5.57 Å². The van der Waals surface area contributed by atoms with Crippen LogP contribution >= 0.6 is 0 Å². The van der Waals surface area contributed by atoms with Gasteiger partial charge in [-0.2, -0.15) is 0 Å². The monoisotopic (exact) mass is 337 g/mol. The average molecular weight is 337 g/mol. The highest BCUT2D eigenvalue weighted by molar-refractivity contribution is 5.92. The average Bonchev–Trinajstić information content (AvgIpc) is 3.02. The number of alkyl carbamates (subject to hydrolysis) is 1. The summed E-state index contributed by atoms with van der Waals surface area (Å²) in [5.74, 6) is 0.0723. The van der Waals surface area contributed by atoms with E-state index in [4.69, 9.17) is 9.47 Å². The largest absolute Gasteiger partial charge is 0.447 e. The van der Waals surface area contributed by atoms with Gasteiger partial charge in [-0.1, -0.05) is 42.5 Å². The van der Waals surface area contributed by atoms with Crippen molar-refractivity contribution < 1.29 is 19.1 Å². The maximum Gasteiger partial charge on any atom is 0.407 e. The molecule has 0 bridgehead atoms. The minimum Gasteiger partial charge on any atom is -0.447 e. The molecule has 1 N–H and O–H groups in total. The van der Waals surface area contributed by atoms with Crippen LogP contribution in [0.5, 0.6) is 5.75 Å². The maximum atomic E-state index is 12.0. The van der Waals surface area contributed by atoms with E-state index in [0.29, 0.717) is 18.8 Å². The molecule has 1 fully saturated rings. The minimum absolute atomic E-state index is 0.0163. The first-order chi connectivity index (χ1) is 12.1. The van der Waals surface area contributed by atoms with Gasteiger partial charge in [0.15, 0.2) is 0 Å². The summed E-state index contributed by atoms with van der Waals surface area (Å²) in [5.41, 5.74) is 2.86. The molecule has 1 aliphatic rings. The van der Waals surface area contributed by atoms with Crippen LogP contribution in [0.15, 0.2) is 60.7 Å². The van der Waals surface area contributed by atoms with Crippen LogP contribution in [0.2, 0.25) is 0 Å². The van der Waals surface area contributed by atoms with E-state index in [1.165, 1.54) is 6.08 Å². The van der Waals surface area contributed by atoms with Crippen LogP contribution in [-0.4, -0.2) is 24.7 Å². The second-order valence-corrected chi connectivity index (χ2v) is 5.90. The molecule has 1 atom stereocenters. The lowest BCUT2D eigenvalue weighted by molar-refractivity contribution is -0.128.